The zero-order valence-corrected chi connectivity index (χ0v) is 16.9. The van der Waals surface area contributed by atoms with E-state index in [2.05, 4.69) is 22.0 Å². The van der Waals surface area contributed by atoms with Gasteiger partial charge in [0, 0.05) is 10.3 Å². The fourth-order valence-electron chi connectivity index (χ4n) is 2.75. The summed E-state index contributed by atoms with van der Waals surface area (Å²) < 4.78 is 18.5. The summed E-state index contributed by atoms with van der Waals surface area (Å²) in [7, 11) is -0.502. The molecule has 0 aliphatic carbocycles. The van der Waals surface area contributed by atoms with Crippen LogP contribution in [0.2, 0.25) is 0 Å². The zero-order chi connectivity index (χ0) is 18.1. The normalized spacial score (nSPS) is 20.0. The van der Waals surface area contributed by atoms with Gasteiger partial charge in [0.25, 0.3) is 0 Å². The molecule has 1 atom stereocenters. The van der Waals surface area contributed by atoms with Crippen molar-refractivity contribution in [2.75, 3.05) is 6.61 Å². The molecule has 1 unspecified atom stereocenters. The van der Waals surface area contributed by atoms with E-state index in [1.807, 2.05) is 53.7 Å². The van der Waals surface area contributed by atoms with E-state index in [9.17, 15) is 4.79 Å². The highest BCUT2D eigenvalue weighted by atomic mass is 79.9. The van der Waals surface area contributed by atoms with Crippen LogP contribution in [0.15, 0.2) is 22.7 Å². The predicted molar refractivity (Wildman–Crippen MR) is 99.0 cm³/mol. The number of aryl methyl sites for hydroxylation is 1. The molecule has 0 saturated carbocycles. The van der Waals surface area contributed by atoms with E-state index in [0.29, 0.717) is 6.61 Å². The van der Waals surface area contributed by atoms with Gasteiger partial charge in [0.2, 0.25) is 0 Å². The van der Waals surface area contributed by atoms with Gasteiger partial charge in [-0.05, 0) is 53.2 Å². The fraction of sp³-hybridized carbons (Fsp3) is 0.611. The first-order chi connectivity index (χ1) is 11.1. The van der Waals surface area contributed by atoms with E-state index in [1.165, 1.54) is 0 Å². The van der Waals surface area contributed by atoms with Crippen molar-refractivity contribution in [3.05, 3.63) is 33.8 Å². The van der Waals surface area contributed by atoms with Crippen LogP contribution in [0, 0.1) is 6.92 Å². The highest BCUT2D eigenvalue weighted by Crippen LogP contribution is 2.43. The molecule has 1 saturated heterocycles. The Morgan fingerprint density at radius 2 is 1.83 bits per heavy atom. The molecular weight excluding hydrogens is 371 g/mol. The third-order valence-electron chi connectivity index (χ3n) is 4.84. The van der Waals surface area contributed by atoms with Gasteiger partial charge in [-0.2, -0.15) is 0 Å². The Morgan fingerprint density at radius 3 is 2.38 bits per heavy atom. The lowest BCUT2D eigenvalue weighted by Crippen LogP contribution is -2.41. The number of rotatable bonds is 5. The van der Waals surface area contributed by atoms with Crippen molar-refractivity contribution in [3.63, 3.8) is 0 Å². The molecule has 0 spiro atoms. The van der Waals surface area contributed by atoms with Gasteiger partial charge < -0.3 is 14.0 Å². The maximum absolute atomic E-state index is 12.2. The second-order valence-corrected chi connectivity index (χ2v) is 8.12. The fourth-order valence-corrected chi connectivity index (χ4v) is 3.29. The summed E-state index contributed by atoms with van der Waals surface area (Å²) in [5, 5.41) is 0. The van der Waals surface area contributed by atoms with Gasteiger partial charge in [-0.15, -0.1) is 0 Å². The quantitative estimate of drug-likeness (QED) is 0.545. The topological polar surface area (TPSA) is 44.8 Å². The second kappa shape index (κ2) is 7.18. The van der Waals surface area contributed by atoms with Crippen LogP contribution in [-0.2, 0) is 18.8 Å². The SMILES string of the molecule is CCOC(=O)CC(B1OC(C)(C)C(C)(C)O1)c1cc(C)ccc1Br. The van der Waals surface area contributed by atoms with Crippen LogP contribution in [0.4, 0.5) is 0 Å². The third kappa shape index (κ3) is 4.03. The average Bonchev–Trinajstić information content (AvgIpc) is 2.68. The summed E-state index contributed by atoms with van der Waals surface area (Å²) in [6.07, 6.45) is 0.215. The summed E-state index contributed by atoms with van der Waals surface area (Å²) in [5.41, 5.74) is 1.24. The van der Waals surface area contributed by atoms with Crippen molar-refractivity contribution < 1.29 is 18.8 Å². The molecule has 1 fully saturated rings. The Kier molecular flexibility index (Phi) is 5.83. The molecular formula is C18H26BBrO4. The second-order valence-electron chi connectivity index (χ2n) is 7.27. The van der Waals surface area contributed by atoms with Crippen molar-refractivity contribution in [2.45, 2.75) is 65.0 Å². The Labute approximate surface area is 153 Å². The first-order valence-electron chi connectivity index (χ1n) is 8.34. The lowest BCUT2D eigenvalue weighted by molar-refractivity contribution is -0.143. The number of benzene rings is 1. The highest BCUT2D eigenvalue weighted by molar-refractivity contribution is 9.10. The minimum Gasteiger partial charge on any atom is -0.466 e. The Morgan fingerprint density at radius 1 is 1.25 bits per heavy atom. The number of carbonyl (C=O) groups is 1. The Hall–Kier alpha value is -0.845. The molecule has 1 heterocycles. The number of hydrogen-bond acceptors (Lipinski definition) is 4. The van der Waals surface area contributed by atoms with E-state index >= 15 is 0 Å². The smallest absolute Gasteiger partial charge is 0.466 e. The molecule has 1 aliphatic heterocycles. The number of carbonyl (C=O) groups excluding carboxylic acids is 1. The lowest BCUT2D eigenvalue weighted by atomic mass is 9.66. The van der Waals surface area contributed by atoms with Gasteiger partial charge in [0.1, 0.15) is 0 Å². The molecule has 0 aromatic heterocycles. The van der Waals surface area contributed by atoms with Crippen LogP contribution in [-0.4, -0.2) is 30.9 Å². The minimum atomic E-state index is -0.502. The van der Waals surface area contributed by atoms with Crippen molar-refractivity contribution >= 4 is 29.0 Å². The Bertz CT molecular complexity index is 599. The highest BCUT2D eigenvalue weighted by Gasteiger charge is 2.54. The zero-order valence-electron chi connectivity index (χ0n) is 15.3. The van der Waals surface area contributed by atoms with Gasteiger partial charge in [-0.1, -0.05) is 33.6 Å². The van der Waals surface area contributed by atoms with Gasteiger partial charge in [0.05, 0.1) is 24.2 Å². The largest absolute Gasteiger partial charge is 0.466 e. The molecule has 1 aromatic rings. The van der Waals surface area contributed by atoms with E-state index in [0.717, 1.165) is 15.6 Å². The number of halogens is 1. The molecule has 4 nitrogen and oxygen atoms in total. The monoisotopic (exact) mass is 396 g/mol. The lowest BCUT2D eigenvalue weighted by Gasteiger charge is -2.32. The summed E-state index contributed by atoms with van der Waals surface area (Å²) >= 11 is 3.60. The van der Waals surface area contributed by atoms with Crippen LogP contribution >= 0.6 is 15.9 Å². The number of esters is 1. The van der Waals surface area contributed by atoms with Crippen molar-refractivity contribution in [3.8, 4) is 0 Å². The Balaban J connectivity index is 2.37. The van der Waals surface area contributed by atoms with E-state index in [4.69, 9.17) is 14.0 Å². The van der Waals surface area contributed by atoms with Crippen molar-refractivity contribution in [1.29, 1.82) is 0 Å². The van der Waals surface area contributed by atoms with E-state index < -0.39 is 18.3 Å². The summed E-state index contributed by atoms with van der Waals surface area (Å²) in [5.74, 6) is -0.481. The summed E-state index contributed by atoms with van der Waals surface area (Å²) in [6, 6.07) is 6.09. The molecule has 6 heteroatoms. The summed E-state index contributed by atoms with van der Waals surface area (Å²) in [6.45, 7) is 12.3. The molecule has 0 amide bonds. The number of ether oxygens (including phenoxy) is 1. The van der Waals surface area contributed by atoms with E-state index in [-0.39, 0.29) is 18.2 Å². The molecule has 132 valence electrons. The van der Waals surface area contributed by atoms with Crippen molar-refractivity contribution in [1.82, 2.24) is 0 Å². The molecule has 0 radical (unpaired) electrons. The average molecular weight is 397 g/mol. The summed E-state index contributed by atoms with van der Waals surface area (Å²) in [4.78, 5) is 12.2. The molecule has 0 N–H and O–H groups in total. The molecule has 2 rings (SSSR count). The maximum atomic E-state index is 12.2. The number of hydrogen-bond donors (Lipinski definition) is 0. The molecule has 24 heavy (non-hydrogen) atoms. The van der Waals surface area contributed by atoms with E-state index in [1.54, 1.807) is 0 Å². The van der Waals surface area contributed by atoms with Crippen LogP contribution in [0.3, 0.4) is 0 Å². The molecule has 0 bridgehead atoms. The van der Waals surface area contributed by atoms with Crippen LogP contribution in [0.5, 0.6) is 0 Å². The van der Waals surface area contributed by atoms with Gasteiger partial charge in [-0.25, -0.2) is 0 Å². The van der Waals surface area contributed by atoms with Crippen LogP contribution in [0.1, 0.15) is 58.0 Å². The first-order valence-corrected chi connectivity index (χ1v) is 9.14. The van der Waals surface area contributed by atoms with Crippen LogP contribution in [0.25, 0.3) is 0 Å². The molecule has 1 aromatic carbocycles. The molecule has 1 aliphatic rings. The van der Waals surface area contributed by atoms with Crippen LogP contribution < -0.4 is 0 Å². The standard InChI is InChI=1S/C18H26BBrO4/c1-7-22-16(21)11-14(13-10-12(2)8-9-15(13)20)19-23-17(3,4)18(5,6)24-19/h8-10,14H,7,11H2,1-6H3. The predicted octanol–water partition coefficient (Wildman–Crippen LogP) is 4.43. The minimum absolute atomic E-state index is 0.215. The van der Waals surface area contributed by atoms with Gasteiger partial charge in [-0.3, -0.25) is 4.79 Å². The van der Waals surface area contributed by atoms with Gasteiger partial charge >= 0.3 is 13.1 Å². The third-order valence-corrected chi connectivity index (χ3v) is 5.57. The maximum Gasteiger partial charge on any atom is 0.466 e. The van der Waals surface area contributed by atoms with Crippen molar-refractivity contribution in [2.24, 2.45) is 0 Å². The van der Waals surface area contributed by atoms with Gasteiger partial charge in [0.15, 0.2) is 0 Å². The first kappa shape index (κ1) is 19.5.